The van der Waals surface area contributed by atoms with Crippen LogP contribution in [0.5, 0.6) is 0 Å². The monoisotopic (exact) mass is 405 g/mol. The molecule has 7 heteroatoms. The van der Waals surface area contributed by atoms with Gasteiger partial charge in [0.1, 0.15) is 6.29 Å². The normalized spacial score (nSPS) is 14.1. The molecular formula is C21H31N3O3S. The predicted octanol–water partition coefficient (Wildman–Crippen LogP) is 2.74. The molecule has 2 rings (SSSR count). The highest BCUT2D eigenvalue weighted by Crippen LogP contribution is 2.34. The van der Waals surface area contributed by atoms with E-state index >= 15 is 0 Å². The lowest BCUT2D eigenvalue weighted by atomic mass is 10.1. The molecule has 1 unspecified atom stereocenters. The van der Waals surface area contributed by atoms with Crippen LogP contribution in [0.15, 0.2) is 23.1 Å². The summed E-state index contributed by atoms with van der Waals surface area (Å²) in [6, 6.07) is 5.21. The third-order valence-electron chi connectivity index (χ3n) is 5.06. The molecule has 154 valence electrons. The lowest BCUT2D eigenvalue weighted by Crippen LogP contribution is -2.37. The summed E-state index contributed by atoms with van der Waals surface area (Å²) in [4.78, 5) is 38.5. The van der Waals surface area contributed by atoms with Crippen molar-refractivity contribution >= 4 is 29.9 Å². The van der Waals surface area contributed by atoms with E-state index in [4.69, 9.17) is 5.73 Å². The van der Waals surface area contributed by atoms with Gasteiger partial charge in [-0.15, -0.1) is 11.8 Å². The molecule has 3 N–H and O–H groups in total. The number of aldehydes is 1. The standard InChI is InChI=1S/C21H31N3O3S/c1-23-20(26)11-10-16(15-25)24-14-18-17(21(24)27)8-7-9-19(18)28-13-6-4-2-3-5-12-22/h7-9,15-16H,2-6,10-14,22H2,1H3,(H,23,26). The Balaban J connectivity index is 1.93. The van der Waals surface area contributed by atoms with E-state index in [1.807, 2.05) is 12.1 Å². The summed E-state index contributed by atoms with van der Waals surface area (Å²) >= 11 is 1.78. The molecule has 6 nitrogen and oxygen atoms in total. The number of amides is 2. The summed E-state index contributed by atoms with van der Waals surface area (Å²) in [5.41, 5.74) is 7.20. The fourth-order valence-corrected chi connectivity index (χ4v) is 4.48. The van der Waals surface area contributed by atoms with Crippen molar-refractivity contribution < 1.29 is 14.4 Å². The van der Waals surface area contributed by atoms with Crippen LogP contribution >= 0.6 is 11.8 Å². The number of carbonyl (C=O) groups is 3. The smallest absolute Gasteiger partial charge is 0.255 e. The van der Waals surface area contributed by atoms with Crippen molar-refractivity contribution in [2.24, 2.45) is 5.73 Å². The summed E-state index contributed by atoms with van der Waals surface area (Å²) in [5.74, 6) is 0.771. The van der Waals surface area contributed by atoms with Crippen LogP contribution in [0.3, 0.4) is 0 Å². The van der Waals surface area contributed by atoms with Gasteiger partial charge in [-0.05, 0) is 49.3 Å². The van der Waals surface area contributed by atoms with Crippen molar-refractivity contribution in [1.82, 2.24) is 10.2 Å². The van der Waals surface area contributed by atoms with Crippen molar-refractivity contribution in [3.63, 3.8) is 0 Å². The molecule has 0 spiro atoms. The van der Waals surface area contributed by atoms with Gasteiger partial charge in [0, 0.05) is 30.5 Å². The van der Waals surface area contributed by atoms with E-state index in [0.717, 1.165) is 41.9 Å². The molecule has 28 heavy (non-hydrogen) atoms. The van der Waals surface area contributed by atoms with Crippen molar-refractivity contribution in [2.75, 3.05) is 19.3 Å². The molecule has 1 aliphatic heterocycles. The van der Waals surface area contributed by atoms with E-state index in [1.165, 1.54) is 19.3 Å². The van der Waals surface area contributed by atoms with Crippen LogP contribution in [-0.4, -0.2) is 48.4 Å². The Labute approximate surface area is 171 Å². The molecule has 0 aromatic heterocycles. The predicted molar refractivity (Wildman–Crippen MR) is 112 cm³/mol. The Morgan fingerprint density at radius 3 is 2.75 bits per heavy atom. The van der Waals surface area contributed by atoms with Crippen LogP contribution in [0.4, 0.5) is 0 Å². The Hall–Kier alpha value is -1.86. The van der Waals surface area contributed by atoms with E-state index in [0.29, 0.717) is 18.5 Å². The quantitative estimate of drug-likeness (QED) is 0.299. The van der Waals surface area contributed by atoms with Crippen LogP contribution in [0, 0.1) is 0 Å². The van der Waals surface area contributed by atoms with Crippen LogP contribution in [0.25, 0.3) is 0 Å². The molecule has 0 fully saturated rings. The average molecular weight is 406 g/mol. The number of nitrogens with two attached hydrogens (primary N) is 1. The van der Waals surface area contributed by atoms with Gasteiger partial charge >= 0.3 is 0 Å². The number of benzene rings is 1. The molecule has 1 aromatic carbocycles. The summed E-state index contributed by atoms with van der Waals surface area (Å²) in [6.07, 6.45) is 7.17. The number of hydrogen-bond donors (Lipinski definition) is 2. The minimum atomic E-state index is -0.572. The van der Waals surface area contributed by atoms with Gasteiger partial charge in [0.25, 0.3) is 5.91 Å². The number of nitrogens with one attached hydrogen (secondary N) is 1. The molecule has 0 saturated carbocycles. The van der Waals surface area contributed by atoms with Crippen LogP contribution in [0.2, 0.25) is 0 Å². The Bertz CT molecular complexity index is 681. The van der Waals surface area contributed by atoms with E-state index in [1.54, 1.807) is 23.7 Å². The van der Waals surface area contributed by atoms with Gasteiger partial charge in [-0.1, -0.05) is 25.3 Å². The Morgan fingerprint density at radius 1 is 1.29 bits per heavy atom. The number of carbonyl (C=O) groups excluding carboxylic acids is 3. The second-order valence-corrected chi connectivity index (χ2v) is 8.17. The molecule has 0 bridgehead atoms. The third kappa shape index (κ3) is 6.07. The minimum absolute atomic E-state index is 0.117. The first kappa shape index (κ1) is 22.4. The van der Waals surface area contributed by atoms with Crippen molar-refractivity contribution in [3.8, 4) is 0 Å². The molecule has 0 aliphatic carbocycles. The van der Waals surface area contributed by atoms with Crippen molar-refractivity contribution in [3.05, 3.63) is 29.3 Å². The molecule has 1 aromatic rings. The summed E-state index contributed by atoms with van der Waals surface area (Å²) in [5, 5.41) is 2.55. The SMILES string of the molecule is CNC(=O)CCC(C=O)N1Cc2c(SCCCCCCCN)cccc2C1=O. The van der Waals surface area contributed by atoms with E-state index in [9.17, 15) is 14.4 Å². The highest BCUT2D eigenvalue weighted by Gasteiger charge is 2.34. The van der Waals surface area contributed by atoms with E-state index < -0.39 is 6.04 Å². The van der Waals surface area contributed by atoms with Crippen LogP contribution < -0.4 is 11.1 Å². The van der Waals surface area contributed by atoms with Gasteiger partial charge in [-0.3, -0.25) is 9.59 Å². The number of nitrogens with zero attached hydrogens (tertiary/aromatic N) is 1. The highest BCUT2D eigenvalue weighted by molar-refractivity contribution is 7.99. The van der Waals surface area contributed by atoms with Gasteiger partial charge < -0.3 is 20.7 Å². The average Bonchev–Trinajstić information content (AvgIpc) is 3.05. The summed E-state index contributed by atoms with van der Waals surface area (Å²) in [6.45, 7) is 1.20. The van der Waals surface area contributed by atoms with Gasteiger partial charge in [-0.2, -0.15) is 0 Å². The number of hydrogen-bond acceptors (Lipinski definition) is 5. The lowest BCUT2D eigenvalue weighted by molar-refractivity contribution is -0.121. The number of thioether (sulfide) groups is 1. The largest absolute Gasteiger partial charge is 0.359 e. The number of fused-ring (bicyclic) bond motifs is 1. The maximum atomic E-state index is 12.8. The lowest BCUT2D eigenvalue weighted by Gasteiger charge is -2.22. The zero-order chi connectivity index (χ0) is 20.4. The molecule has 1 heterocycles. The number of rotatable bonds is 13. The van der Waals surface area contributed by atoms with E-state index in [-0.39, 0.29) is 18.2 Å². The molecule has 0 radical (unpaired) electrons. The number of unbranched alkanes of at least 4 members (excludes halogenated alkanes) is 4. The maximum absolute atomic E-state index is 12.8. The molecule has 2 amide bonds. The fourth-order valence-electron chi connectivity index (χ4n) is 3.39. The second kappa shape index (κ2) is 11.9. The second-order valence-electron chi connectivity index (χ2n) is 7.04. The third-order valence-corrected chi connectivity index (χ3v) is 6.25. The Kier molecular flexibility index (Phi) is 9.50. The molecule has 0 saturated heterocycles. The van der Waals surface area contributed by atoms with Gasteiger partial charge in [0.05, 0.1) is 6.04 Å². The van der Waals surface area contributed by atoms with Gasteiger partial charge in [0.15, 0.2) is 0 Å². The zero-order valence-corrected chi connectivity index (χ0v) is 17.4. The highest BCUT2D eigenvalue weighted by atomic mass is 32.2. The van der Waals surface area contributed by atoms with E-state index in [2.05, 4.69) is 11.4 Å². The zero-order valence-electron chi connectivity index (χ0n) is 16.6. The first-order valence-corrected chi connectivity index (χ1v) is 11.0. The van der Waals surface area contributed by atoms with Crippen LogP contribution in [-0.2, 0) is 16.1 Å². The van der Waals surface area contributed by atoms with Crippen LogP contribution in [0.1, 0.15) is 60.9 Å². The maximum Gasteiger partial charge on any atom is 0.255 e. The summed E-state index contributed by atoms with van der Waals surface area (Å²) in [7, 11) is 1.57. The molecule has 1 atom stereocenters. The minimum Gasteiger partial charge on any atom is -0.359 e. The molecular weight excluding hydrogens is 374 g/mol. The van der Waals surface area contributed by atoms with Gasteiger partial charge in [-0.25, -0.2) is 0 Å². The molecule has 1 aliphatic rings. The van der Waals surface area contributed by atoms with Gasteiger partial charge in [0.2, 0.25) is 5.91 Å². The van der Waals surface area contributed by atoms with Crippen molar-refractivity contribution in [2.45, 2.75) is 62.4 Å². The fraction of sp³-hybridized carbons (Fsp3) is 0.571. The topological polar surface area (TPSA) is 92.5 Å². The first-order chi connectivity index (χ1) is 13.6. The van der Waals surface area contributed by atoms with Crippen molar-refractivity contribution in [1.29, 1.82) is 0 Å². The summed E-state index contributed by atoms with van der Waals surface area (Å²) < 4.78 is 0. The Morgan fingerprint density at radius 2 is 2.04 bits per heavy atom. The first-order valence-electron chi connectivity index (χ1n) is 10.0.